The number of halogens is 1. The lowest BCUT2D eigenvalue weighted by molar-refractivity contribution is 0.0948. The van der Waals surface area contributed by atoms with Crippen LogP contribution in [-0.4, -0.2) is 18.6 Å². The summed E-state index contributed by atoms with van der Waals surface area (Å²) in [7, 11) is 1.63. The van der Waals surface area contributed by atoms with Crippen LogP contribution in [0.15, 0.2) is 66.7 Å². The lowest BCUT2D eigenvalue weighted by Gasteiger charge is -2.51. The van der Waals surface area contributed by atoms with Crippen molar-refractivity contribution < 1.29 is 9.53 Å². The first-order chi connectivity index (χ1) is 14.7. The summed E-state index contributed by atoms with van der Waals surface area (Å²) in [4.78, 5) is 15.7. The zero-order valence-corrected chi connectivity index (χ0v) is 19.5. The molecule has 0 fully saturated rings. The molecule has 3 aromatic rings. The van der Waals surface area contributed by atoms with Crippen molar-refractivity contribution in [3.63, 3.8) is 0 Å². The van der Waals surface area contributed by atoms with Crippen LogP contribution in [0.4, 0.5) is 5.69 Å². The lowest BCUT2D eigenvalue weighted by Crippen LogP contribution is -2.55. The molecule has 0 saturated carbocycles. The van der Waals surface area contributed by atoms with E-state index >= 15 is 0 Å². The van der Waals surface area contributed by atoms with Crippen LogP contribution >= 0.6 is 11.6 Å². The molecule has 31 heavy (non-hydrogen) atoms. The van der Waals surface area contributed by atoms with Crippen molar-refractivity contribution in [2.24, 2.45) is 0 Å². The van der Waals surface area contributed by atoms with E-state index in [1.54, 1.807) is 7.11 Å². The Hall–Kier alpha value is -2.78. The Morgan fingerprint density at radius 1 is 0.968 bits per heavy atom. The van der Waals surface area contributed by atoms with Gasteiger partial charge >= 0.3 is 0 Å². The van der Waals surface area contributed by atoms with Crippen LogP contribution in [0.25, 0.3) is 0 Å². The van der Waals surface area contributed by atoms with Crippen molar-refractivity contribution in [3.05, 3.63) is 94.0 Å². The standard InChI is InChI=1S/C27H28ClNO2/c1-18-6-15-24-23(16-18)27(4,20-9-11-21(28)12-10-20)17-26(2,3)29(24)25(30)19-7-13-22(31-5)14-8-19/h6-16H,17H2,1-5H3. The number of carbonyl (C=O) groups excluding carboxylic acids is 1. The zero-order valence-electron chi connectivity index (χ0n) is 18.7. The maximum atomic E-state index is 13.7. The Morgan fingerprint density at radius 3 is 2.23 bits per heavy atom. The molecule has 1 unspecified atom stereocenters. The first-order valence-corrected chi connectivity index (χ1v) is 10.9. The number of benzene rings is 3. The number of amides is 1. The predicted molar refractivity (Wildman–Crippen MR) is 128 cm³/mol. The molecule has 0 N–H and O–H groups in total. The van der Waals surface area contributed by atoms with Gasteiger partial charge in [-0.05, 0) is 80.8 Å². The van der Waals surface area contributed by atoms with Crippen molar-refractivity contribution in [1.29, 1.82) is 0 Å². The maximum Gasteiger partial charge on any atom is 0.258 e. The summed E-state index contributed by atoms with van der Waals surface area (Å²) in [6, 6.07) is 21.8. The second kappa shape index (κ2) is 7.72. The van der Waals surface area contributed by atoms with E-state index in [2.05, 4.69) is 58.0 Å². The molecule has 0 aliphatic carbocycles. The Kier molecular flexibility index (Phi) is 5.35. The highest BCUT2D eigenvalue weighted by Gasteiger charge is 2.47. The van der Waals surface area contributed by atoms with Gasteiger partial charge in [0.1, 0.15) is 5.75 Å². The highest BCUT2D eigenvalue weighted by Crippen LogP contribution is 2.51. The zero-order chi connectivity index (χ0) is 22.4. The summed E-state index contributed by atoms with van der Waals surface area (Å²) in [5.74, 6) is 0.733. The predicted octanol–water partition coefficient (Wildman–Crippen LogP) is 6.79. The van der Waals surface area contributed by atoms with Crippen LogP contribution in [0.2, 0.25) is 5.02 Å². The number of rotatable bonds is 3. The van der Waals surface area contributed by atoms with E-state index in [1.807, 2.05) is 41.3 Å². The molecule has 0 saturated heterocycles. The van der Waals surface area contributed by atoms with Gasteiger partial charge in [0.25, 0.3) is 5.91 Å². The van der Waals surface area contributed by atoms with Gasteiger partial charge in [-0.1, -0.05) is 48.4 Å². The van der Waals surface area contributed by atoms with Crippen LogP contribution in [0.1, 0.15) is 54.2 Å². The highest BCUT2D eigenvalue weighted by molar-refractivity contribution is 6.30. The molecule has 3 nitrogen and oxygen atoms in total. The van der Waals surface area contributed by atoms with Crippen LogP contribution in [0.5, 0.6) is 5.75 Å². The average Bonchev–Trinajstić information content (AvgIpc) is 2.74. The number of nitrogens with zero attached hydrogens (tertiary/aromatic N) is 1. The van der Waals surface area contributed by atoms with Gasteiger partial charge in [0, 0.05) is 27.2 Å². The molecule has 1 atom stereocenters. The number of aryl methyl sites for hydroxylation is 1. The SMILES string of the molecule is COc1ccc(C(=O)N2c3ccc(C)cc3C(C)(c3ccc(Cl)cc3)CC2(C)C)cc1. The van der Waals surface area contributed by atoms with Gasteiger partial charge in [-0.2, -0.15) is 0 Å². The molecule has 3 aromatic carbocycles. The van der Waals surface area contributed by atoms with Crippen LogP contribution < -0.4 is 9.64 Å². The summed E-state index contributed by atoms with van der Waals surface area (Å²) in [5.41, 5.74) is 4.51. The molecular formula is C27H28ClNO2. The van der Waals surface area contributed by atoms with E-state index in [-0.39, 0.29) is 11.3 Å². The molecule has 0 spiro atoms. The Morgan fingerprint density at radius 2 is 1.61 bits per heavy atom. The molecular weight excluding hydrogens is 406 g/mol. The largest absolute Gasteiger partial charge is 0.497 e. The molecule has 1 heterocycles. The molecule has 1 amide bonds. The highest BCUT2D eigenvalue weighted by atomic mass is 35.5. The van der Waals surface area contributed by atoms with E-state index in [1.165, 1.54) is 11.1 Å². The second-order valence-corrected chi connectivity index (χ2v) is 9.65. The third kappa shape index (κ3) is 3.72. The third-order valence-corrected chi connectivity index (χ3v) is 6.65. The number of fused-ring (bicyclic) bond motifs is 1. The maximum absolute atomic E-state index is 13.7. The van der Waals surface area contributed by atoms with Gasteiger partial charge < -0.3 is 9.64 Å². The Labute approximate surface area is 189 Å². The van der Waals surface area contributed by atoms with E-state index < -0.39 is 5.54 Å². The fourth-order valence-electron chi connectivity index (χ4n) is 4.97. The molecule has 4 heteroatoms. The first-order valence-electron chi connectivity index (χ1n) is 10.5. The summed E-state index contributed by atoms with van der Waals surface area (Å²) in [6.07, 6.45) is 0.792. The molecule has 1 aliphatic heterocycles. The lowest BCUT2D eigenvalue weighted by atomic mass is 9.65. The van der Waals surface area contributed by atoms with Crippen LogP contribution in [0, 0.1) is 6.92 Å². The fourth-order valence-corrected chi connectivity index (χ4v) is 5.10. The molecule has 4 rings (SSSR count). The minimum atomic E-state index is -0.395. The average molecular weight is 434 g/mol. The van der Waals surface area contributed by atoms with Gasteiger partial charge in [-0.3, -0.25) is 4.79 Å². The smallest absolute Gasteiger partial charge is 0.258 e. The van der Waals surface area contributed by atoms with E-state index in [0.717, 1.165) is 28.4 Å². The van der Waals surface area contributed by atoms with Gasteiger partial charge in [0.15, 0.2) is 0 Å². The van der Waals surface area contributed by atoms with Crippen molar-refractivity contribution in [2.75, 3.05) is 12.0 Å². The first kappa shape index (κ1) is 21.5. The normalized spacial score (nSPS) is 19.6. The van der Waals surface area contributed by atoms with Gasteiger partial charge in [-0.25, -0.2) is 0 Å². The van der Waals surface area contributed by atoms with Crippen molar-refractivity contribution in [1.82, 2.24) is 0 Å². The number of hydrogen-bond acceptors (Lipinski definition) is 2. The Bertz CT molecular complexity index is 1120. The van der Waals surface area contributed by atoms with E-state index in [0.29, 0.717) is 5.56 Å². The summed E-state index contributed by atoms with van der Waals surface area (Å²) in [5, 5.41) is 0.725. The molecule has 0 radical (unpaired) electrons. The number of hydrogen-bond donors (Lipinski definition) is 0. The summed E-state index contributed by atoms with van der Waals surface area (Å²) < 4.78 is 5.26. The number of anilines is 1. The molecule has 1 aliphatic rings. The molecule has 0 aromatic heterocycles. The molecule has 160 valence electrons. The van der Waals surface area contributed by atoms with E-state index in [4.69, 9.17) is 16.3 Å². The van der Waals surface area contributed by atoms with Crippen molar-refractivity contribution in [3.8, 4) is 5.75 Å². The number of methoxy groups -OCH3 is 1. The van der Waals surface area contributed by atoms with Crippen LogP contribution in [0.3, 0.4) is 0 Å². The number of carbonyl (C=O) groups is 1. The topological polar surface area (TPSA) is 29.5 Å². The minimum Gasteiger partial charge on any atom is -0.497 e. The fraction of sp³-hybridized carbons (Fsp3) is 0.296. The summed E-state index contributed by atoms with van der Waals surface area (Å²) in [6.45, 7) is 8.65. The second-order valence-electron chi connectivity index (χ2n) is 9.22. The quantitative estimate of drug-likeness (QED) is 0.455. The van der Waals surface area contributed by atoms with Gasteiger partial charge in [0.05, 0.1) is 7.11 Å². The van der Waals surface area contributed by atoms with Gasteiger partial charge in [-0.15, -0.1) is 0 Å². The van der Waals surface area contributed by atoms with Crippen LogP contribution in [-0.2, 0) is 5.41 Å². The monoisotopic (exact) mass is 433 g/mol. The summed E-state index contributed by atoms with van der Waals surface area (Å²) >= 11 is 6.17. The van der Waals surface area contributed by atoms with Crippen molar-refractivity contribution >= 4 is 23.2 Å². The third-order valence-electron chi connectivity index (χ3n) is 6.40. The number of ether oxygens (including phenoxy) is 1. The van der Waals surface area contributed by atoms with E-state index in [9.17, 15) is 4.79 Å². The Balaban J connectivity index is 1.87. The molecule has 0 bridgehead atoms. The van der Waals surface area contributed by atoms with Crippen molar-refractivity contribution in [2.45, 2.75) is 45.1 Å². The van der Waals surface area contributed by atoms with Gasteiger partial charge in [0.2, 0.25) is 0 Å². The minimum absolute atomic E-state index is 0.00378.